The van der Waals surface area contributed by atoms with Crippen LogP contribution in [0.3, 0.4) is 0 Å². The number of hydrogen-bond donors (Lipinski definition) is 1. The summed E-state index contributed by atoms with van der Waals surface area (Å²) in [5.74, 6) is -1.09. The minimum absolute atomic E-state index is 0.0681. The van der Waals surface area contributed by atoms with Gasteiger partial charge in [0, 0.05) is 20.3 Å². The molecule has 1 aromatic heterocycles. The number of hydrogen-bond acceptors (Lipinski definition) is 6. The molecule has 0 aliphatic rings. The van der Waals surface area contributed by atoms with Gasteiger partial charge >= 0.3 is 5.97 Å². The molecule has 0 fully saturated rings. The van der Waals surface area contributed by atoms with Crippen LogP contribution in [-0.4, -0.2) is 66.2 Å². The van der Waals surface area contributed by atoms with E-state index in [9.17, 15) is 4.79 Å². The van der Waals surface area contributed by atoms with Gasteiger partial charge in [0.15, 0.2) is 5.69 Å². The number of aromatic nitrogens is 3. The van der Waals surface area contributed by atoms with Gasteiger partial charge < -0.3 is 19.3 Å². The van der Waals surface area contributed by atoms with Gasteiger partial charge in [-0.25, -0.2) is 9.48 Å². The van der Waals surface area contributed by atoms with Crippen LogP contribution in [0, 0.1) is 0 Å². The maximum absolute atomic E-state index is 10.6. The second kappa shape index (κ2) is 9.42. The molecule has 0 saturated carbocycles. The molecule has 8 heteroatoms. The van der Waals surface area contributed by atoms with Gasteiger partial charge in [0.05, 0.1) is 32.6 Å². The maximum atomic E-state index is 10.6. The molecule has 19 heavy (non-hydrogen) atoms. The van der Waals surface area contributed by atoms with Crippen molar-refractivity contribution in [3.8, 4) is 0 Å². The highest BCUT2D eigenvalue weighted by Gasteiger charge is 2.07. The number of carbonyl (C=O) groups is 1. The first kappa shape index (κ1) is 15.5. The summed E-state index contributed by atoms with van der Waals surface area (Å²) in [5.41, 5.74) is -0.0681. The van der Waals surface area contributed by atoms with Crippen molar-refractivity contribution in [1.82, 2.24) is 15.0 Å². The van der Waals surface area contributed by atoms with Crippen LogP contribution in [0.2, 0.25) is 0 Å². The Kier molecular flexibility index (Phi) is 7.71. The van der Waals surface area contributed by atoms with E-state index in [0.717, 1.165) is 6.42 Å². The molecule has 1 heterocycles. The quantitative estimate of drug-likeness (QED) is 0.569. The first-order chi connectivity index (χ1) is 9.24. The predicted octanol–water partition coefficient (Wildman–Crippen LogP) is 0.0460. The molecule has 0 bridgehead atoms. The summed E-state index contributed by atoms with van der Waals surface area (Å²) in [4.78, 5) is 10.6. The summed E-state index contributed by atoms with van der Waals surface area (Å²) in [5, 5.41) is 15.8. The van der Waals surface area contributed by atoms with E-state index in [4.69, 9.17) is 19.3 Å². The largest absolute Gasteiger partial charge is 0.476 e. The Morgan fingerprint density at radius 3 is 2.63 bits per heavy atom. The van der Waals surface area contributed by atoms with E-state index < -0.39 is 5.97 Å². The Morgan fingerprint density at radius 2 is 2.00 bits per heavy atom. The van der Waals surface area contributed by atoms with Crippen molar-refractivity contribution in [3.63, 3.8) is 0 Å². The fourth-order valence-electron chi connectivity index (χ4n) is 1.29. The van der Waals surface area contributed by atoms with Crippen molar-refractivity contribution in [2.24, 2.45) is 0 Å². The minimum atomic E-state index is -1.09. The van der Waals surface area contributed by atoms with Gasteiger partial charge in [0.25, 0.3) is 0 Å². The molecule has 0 aromatic carbocycles. The fourth-order valence-corrected chi connectivity index (χ4v) is 1.29. The van der Waals surface area contributed by atoms with Crippen LogP contribution in [0.15, 0.2) is 6.20 Å². The summed E-state index contributed by atoms with van der Waals surface area (Å²) < 4.78 is 16.9. The lowest BCUT2D eigenvalue weighted by molar-refractivity contribution is 0.0366. The molecule has 1 rings (SSSR count). The number of carboxylic acid groups (broad SMARTS) is 1. The van der Waals surface area contributed by atoms with Gasteiger partial charge in [-0.2, -0.15) is 0 Å². The van der Waals surface area contributed by atoms with Crippen molar-refractivity contribution < 1.29 is 24.1 Å². The Balaban J connectivity index is 1.97. The summed E-state index contributed by atoms with van der Waals surface area (Å²) in [6.45, 7) is 3.27. The maximum Gasteiger partial charge on any atom is 0.358 e. The molecule has 8 nitrogen and oxygen atoms in total. The number of ether oxygens (including phenoxy) is 3. The lowest BCUT2D eigenvalue weighted by atomic mass is 10.5. The molecule has 0 amide bonds. The molecule has 0 radical (unpaired) electrons. The highest BCUT2D eigenvalue weighted by Crippen LogP contribution is 1.93. The van der Waals surface area contributed by atoms with Crippen LogP contribution in [0.4, 0.5) is 0 Å². The first-order valence-corrected chi connectivity index (χ1v) is 6.02. The Morgan fingerprint density at radius 1 is 1.26 bits per heavy atom. The number of rotatable bonds is 11. The first-order valence-electron chi connectivity index (χ1n) is 6.02. The average molecular weight is 273 g/mol. The van der Waals surface area contributed by atoms with Crippen molar-refractivity contribution in [1.29, 1.82) is 0 Å². The average Bonchev–Trinajstić information content (AvgIpc) is 2.86. The second-order valence-corrected chi connectivity index (χ2v) is 3.74. The molecule has 1 aromatic rings. The highest BCUT2D eigenvalue weighted by atomic mass is 16.5. The number of nitrogens with zero attached hydrogens (tertiary/aromatic N) is 3. The molecule has 0 atom stereocenters. The molecular formula is C11H19N3O5. The van der Waals surface area contributed by atoms with Crippen molar-refractivity contribution in [3.05, 3.63) is 11.9 Å². The highest BCUT2D eigenvalue weighted by molar-refractivity contribution is 5.84. The van der Waals surface area contributed by atoms with Gasteiger partial charge in [0.2, 0.25) is 0 Å². The van der Waals surface area contributed by atoms with Crippen LogP contribution in [0.25, 0.3) is 0 Å². The van der Waals surface area contributed by atoms with Crippen LogP contribution in [0.1, 0.15) is 16.9 Å². The molecule has 0 aliphatic heterocycles. The van der Waals surface area contributed by atoms with Crippen LogP contribution >= 0.6 is 0 Å². The van der Waals surface area contributed by atoms with Crippen LogP contribution in [0.5, 0.6) is 0 Å². The molecule has 0 saturated heterocycles. The summed E-state index contributed by atoms with van der Waals surface area (Å²) in [6, 6.07) is 0. The topological polar surface area (TPSA) is 95.7 Å². The van der Waals surface area contributed by atoms with E-state index in [1.807, 2.05) is 0 Å². The Bertz CT molecular complexity index is 369. The predicted molar refractivity (Wildman–Crippen MR) is 65.1 cm³/mol. The fraction of sp³-hybridized carbons (Fsp3) is 0.727. The van der Waals surface area contributed by atoms with E-state index in [1.54, 1.807) is 7.11 Å². The second-order valence-electron chi connectivity index (χ2n) is 3.74. The zero-order valence-electron chi connectivity index (χ0n) is 10.9. The number of carboxylic acids is 1. The van der Waals surface area contributed by atoms with E-state index in [-0.39, 0.29) is 5.69 Å². The zero-order valence-corrected chi connectivity index (χ0v) is 10.9. The Hall–Kier alpha value is -1.51. The van der Waals surface area contributed by atoms with E-state index in [1.165, 1.54) is 10.9 Å². The number of methoxy groups -OCH3 is 1. The molecular weight excluding hydrogens is 254 g/mol. The third kappa shape index (κ3) is 6.85. The molecule has 0 aliphatic carbocycles. The van der Waals surface area contributed by atoms with Gasteiger partial charge in [-0.3, -0.25) is 0 Å². The third-order valence-electron chi connectivity index (χ3n) is 2.23. The van der Waals surface area contributed by atoms with E-state index >= 15 is 0 Å². The van der Waals surface area contributed by atoms with Gasteiger partial charge in [-0.05, 0) is 6.42 Å². The van der Waals surface area contributed by atoms with Gasteiger partial charge in [-0.1, -0.05) is 5.21 Å². The van der Waals surface area contributed by atoms with Crippen molar-refractivity contribution in [2.45, 2.75) is 13.0 Å². The van der Waals surface area contributed by atoms with Gasteiger partial charge in [0.1, 0.15) is 0 Å². The van der Waals surface area contributed by atoms with Crippen LogP contribution in [-0.2, 0) is 20.8 Å². The Labute approximate surface area is 111 Å². The standard InChI is InChI=1S/C11H19N3O5/c1-17-4-2-5-18-7-8-19-6-3-14-9-10(11(15)16)12-13-14/h9H,2-8H2,1H3,(H,15,16). The van der Waals surface area contributed by atoms with E-state index in [2.05, 4.69) is 10.3 Å². The molecule has 1 N–H and O–H groups in total. The lowest BCUT2D eigenvalue weighted by Crippen LogP contribution is -2.11. The smallest absolute Gasteiger partial charge is 0.358 e. The molecule has 0 spiro atoms. The van der Waals surface area contributed by atoms with Crippen molar-refractivity contribution in [2.75, 3.05) is 40.1 Å². The molecule has 0 unspecified atom stereocenters. The summed E-state index contributed by atoms with van der Waals surface area (Å²) >= 11 is 0. The SMILES string of the molecule is COCCCOCCOCCn1cc(C(=O)O)nn1. The summed E-state index contributed by atoms with van der Waals surface area (Å²) in [7, 11) is 1.66. The molecule has 108 valence electrons. The summed E-state index contributed by atoms with van der Waals surface area (Å²) in [6.07, 6.45) is 2.24. The third-order valence-corrected chi connectivity index (χ3v) is 2.23. The van der Waals surface area contributed by atoms with E-state index in [0.29, 0.717) is 39.6 Å². The van der Waals surface area contributed by atoms with Crippen molar-refractivity contribution >= 4 is 5.97 Å². The zero-order chi connectivity index (χ0) is 13.9. The van der Waals surface area contributed by atoms with Crippen LogP contribution < -0.4 is 0 Å². The van der Waals surface area contributed by atoms with Gasteiger partial charge in [-0.15, -0.1) is 5.10 Å². The minimum Gasteiger partial charge on any atom is -0.476 e. The normalized spacial score (nSPS) is 10.8. The monoisotopic (exact) mass is 273 g/mol. The lowest BCUT2D eigenvalue weighted by Gasteiger charge is -2.05. The number of aromatic carboxylic acids is 1.